The zero-order valence-electron chi connectivity index (χ0n) is 8.97. The van der Waals surface area contributed by atoms with E-state index in [1.54, 1.807) is 0 Å². The number of rotatable bonds is 8. The average molecular weight is 185 g/mol. The van der Waals surface area contributed by atoms with Crippen molar-refractivity contribution in [3.63, 3.8) is 0 Å². The van der Waals surface area contributed by atoms with Crippen LogP contribution in [0.25, 0.3) is 0 Å². The number of aliphatic hydroxyl groups excluding tert-OH is 1. The highest BCUT2D eigenvalue weighted by atomic mass is 16.3. The van der Waals surface area contributed by atoms with Gasteiger partial charge in [0.25, 0.3) is 0 Å². The van der Waals surface area contributed by atoms with E-state index in [0.29, 0.717) is 0 Å². The Hall–Kier alpha value is -0.340. The number of nitrogens with one attached hydrogen (secondary N) is 1. The molecule has 0 aromatic heterocycles. The van der Waals surface area contributed by atoms with E-state index < -0.39 is 0 Å². The minimum atomic E-state index is 0.107. The second-order valence-corrected chi connectivity index (χ2v) is 3.75. The summed E-state index contributed by atoms with van der Waals surface area (Å²) in [6.07, 6.45) is 6.02. The first kappa shape index (κ1) is 12.7. The van der Waals surface area contributed by atoms with Crippen molar-refractivity contribution in [1.82, 2.24) is 5.32 Å². The zero-order chi connectivity index (χ0) is 10.2. The summed E-state index contributed by atoms with van der Waals surface area (Å²) in [6.45, 7) is 9.27. The molecule has 0 bridgehead atoms. The van der Waals surface area contributed by atoms with Gasteiger partial charge in [-0.1, -0.05) is 13.0 Å². The van der Waals surface area contributed by atoms with Crippen LogP contribution in [0.3, 0.4) is 0 Å². The molecule has 0 heterocycles. The third-order valence-electron chi connectivity index (χ3n) is 2.58. The molecule has 0 aliphatic rings. The van der Waals surface area contributed by atoms with Crippen LogP contribution in [0.2, 0.25) is 0 Å². The summed E-state index contributed by atoms with van der Waals surface area (Å²) in [5, 5.41) is 12.4. The fourth-order valence-corrected chi connectivity index (χ4v) is 1.27. The summed E-state index contributed by atoms with van der Waals surface area (Å²) in [4.78, 5) is 0. The maximum absolute atomic E-state index is 8.88. The van der Waals surface area contributed by atoms with Gasteiger partial charge in [-0.05, 0) is 39.2 Å². The van der Waals surface area contributed by atoms with E-state index >= 15 is 0 Å². The van der Waals surface area contributed by atoms with E-state index in [0.717, 1.165) is 32.2 Å². The molecule has 1 unspecified atom stereocenters. The minimum Gasteiger partial charge on any atom is -0.396 e. The Morgan fingerprint density at radius 1 is 1.54 bits per heavy atom. The largest absolute Gasteiger partial charge is 0.396 e. The van der Waals surface area contributed by atoms with Crippen LogP contribution >= 0.6 is 0 Å². The van der Waals surface area contributed by atoms with E-state index in [1.807, 2.05) is 6.08 Å². The first-order valence-electron chi connectivity index (χ1n) is 5.15. The highest BCUT2D eigenvalue weighted by Crippen LogP contribution is 2.13. The van der Waals surface area contributed by atoms with E-state index in [2.05, 4.69) is 25.7 Å². The predicted octanol–water partition coefficient (Wildman–Crippen LogP) is 2.09. The minimum absolute atomic E-state index is 0.107. The van der Waals surface area contributed by atoms with Crippen molar-refractivity contribution in [1.29, 1.82) is 0 Å². The Balaban J connectivity index is 3.62. The van der Waals surface area contributed by atoms with Crippen LogP contribution < -0.4 is 5.32 Å². The fraction of sp³-hybridized carbons (Fsp3) is 0.818. The molecule has 0 aliphatic carbocycles. The molecule has 0 aromatic rings. The molecule has 2 N–H and O–H groups in total. The van der Waals surface area contributed by atoms with E-state index in [9.17, 15) is 0 Å². The first-order chi connectivity index (χ1) is 6.18. The Labute approximate surface area is 82.0 Å². The number of allylic oxidation sites excluding steroid dienone is 1. The van der Waals surface area contributed by atoms with Gasteiger partial charge in [-0.3, -0.25) is 0 Å². The standard InChI is InChI=1S/C11H23NO/c1-4-6-7-9-12-11(3,5-2)8-10-13/h4,12-13H,1,5-10H2,2-3H3. The van der Waals surface area contributed by atoms with Crippen molar-refractivity contribution in [2.24, 2.45) is 0 Å². The van der Waals surface area contributed by atoms with Gasteiger partial charge in [-0.25, -0.2) is 0 Å². The lowest BCUT2D eigenvalue weighted by atomic mass is 9.95. The van der Waals surface area contributed by atoms with Crippen LogP contribution in [0.5, 0.6) is 0 Å². The topological polar surface area (TPSA) is 32.3 Å². The van der Waals surface area contributed by atoms with Crippen LogP contribution in [0.15, 0.2) is 12.7 Å². The second-order valence-electron chi connectivity index (χ2n) is 3.75. The van der Waals surface area contributed by atoms with Gasteiger partial charge >= 0.3 is 0 Å². The third kappa shape index (κ3) is 5.83. The van der Waals surface area contributed by atoms with Gasteiger partial charge in [-0.2, -0.15) is 0 Å². The van der Waals surface area contributed by atoms with Gasteiger partial charge in [0.05, 0.1) is 0 Å². The highest BCUT2D eigenvalue weighted by molar-refractivity contribution is 4.81. The zero-order valence-corrected chi connectivity index (χ0v) is 8.97. The summed E-state index contributed by atoms with van der Waals surface area (Å²) >= 11 is 0. The summed E-state index contributed by atoms with van der Waals surface area (Å²) < 4.78 is 0. The molecule has 0 amide bonds. The van der Waals surface area contributed by atoms with E-state index in [4.69, 9.17) is 5.11 Å². The van der Waals surface area contributed by atoms with Crippen molar-refractivity contribution < 1.29 is 5.11 Å². The number of unbranched alkanes of at least 4 members (excludes halogenated alkanes) is 1. The Morgan fingerprint density at radius 3 is 2.69 bits per heavy atom. The van der Waals surface area contributed by atoms with Crippen molar-refractivity contribution in [2.45, 2.75) is 45.1 Å². The summed E-state index contributed by atoms with van der Waals surface area (Å²) in [6, 6.07) is 0. The molecular formula is C11H23NO. The van der Waals surface area contributed by atoms with Gasteiger partial charge < -0.3 is 10.4 Å². The van der Waals surface area contributed by atoms with E-state index in [-0.39, 0.29) is 12.1 Å². The van der Waals surface area contributed by atoms with E-state index in [1.165, 1.54) is 0 Å². The molecule has 0 fully saturated rings. The molecule has 0 saturated heterocycles. The maximum atomic E-state index is 8.88. The second kappa shape index (κ2) is 7.10. The Kier molecular flexibility index (Phi) is 6.92. The predicted molar refractivity (Wildman–Crippen MR) is 57.8 cm³/mol. The van der Waals surface area contributed by atoms with Crippen molar-refractivity contribution in [2.75, 3.05) is 13.2 Å². The molecule has 0 aliphatic heterocycles. The van der Waals surface area contributed by atoms with Gasteiger partial charge in [0.1, 0.15) is 0 Å². The highest BCUT2D eigenvalue weighted by Gasteiger charge is 2.19. The van der Waals surface area contributed by atoms with Crippen molar-refractivity contribution >= 4 is 0 Å². The number of hydrogen-bond donors (Lipinski definition) is 2. The van der Waals surface area contributed by atoms with Crippen LogP contribution in [-0.2, 0) is 0 Å². The van der Waals surface area contributed by atoms with Crippen molar-refractivity contribution in [3.8, 4) is 0 Å². The lowest BCUT2D eigenvalue weighted by Gasteiger charge is -2.29. The van der Waals surface area contributed by atoms with Gasteiger partial charge in [0.2, 0.25) is 0 Å². The molecule has 0 spiro atoms. The molecule has 0 aromatic carbocycles. The van der Waals surface area contributed by atoms with Gasteiger partial charge in [0.15, 0.2) is 0 Å². The lowest BCUT2D eigenvalue weighted by Crippen LogP contribution is -2.42. The summed E-state index contributed by atoms with van der Waals surface area (Å²) in [5.41, 5.74) is 0.107. The molecule has 2 heteroatoms. The SMILES string of the molecule is C=CCCCNC(C)(CC)CCO. The third-order valence-corrected chi connectivity index (χ3v) is 2.58. The van der Waals surface area contributed by atoms with Gasteiger partial charge in [-0.15, -0.1) is 6.58 Å². The molecule has 13 heavy (non-hydrogen) atoms. The normalized spacial score (nSPS) is 15.3. The quantitative estimate of drug-likeness (QED) is 0.448. The number of aliphatic hydroxyl groups is 1. The maximum Gasteiger partial charge on any atom is 0.0448 e. The van der Waals surface area contributed by atoms with Crippen LogP contribution in [-0.4, -0.2) is 23.8 Å². The van der Waals surface area contributed by atoms with Gasteiger partial charge in [0, 0.05) is 12.1 Å². The van der Waals surface area contributed by atoms with Crippen LogP contribution in [0.1, 0.15) is 39.5 Å². The summed E-state index contributed by atoms with van der Waals surface area (Å²) in [7, 11) is 0. The van der Waals surface area contributed by atoms with Crippen molar-refractivity contribution in [3.05, 3.63) is 12.7 Å². The smallest absolute Gasteiger partial charge is 0.0448 e. The lowest BCUT2D eigenvalue weighted by molar-refractivity contribution is 0.216. The fourth-order valence-electron chi connectivity index (χ4n) is 1.27. The molecule has 0 rings (SSSR count). The molecule has 0 radical (unpaired) electrons. The first-order valence-corrected chi connectivity index (χ1v) is 5.15. The molecule has 2 nitrogen and oxygen atoms in total. The molecular weight excluding hydrogens is 162 g/mol. The average Bonchev–Trinajstić information content (AvgIpc) is 2.13. The molecule has 78 valence electrons. The Bertz CT molecular complexity index is 136. The summed E-state index contributed by atoms with van der Waals surface area (Å²) in [5.74, 6) is 0. The van der Waals surface area contributed by atoms with Crippen LogP contribution in [0.4, 0.5) is 0 Å². The van der Waals surface area contributed by atoms with Crippen LogP contribution in [0, 0.1) is 0 Å². The molecule has 0 saturated carbocycles. The molecule has 1 atom stereocenters. The monoisotopic (exact) mass is 185 g/mol. The Morgan fingerprint density at radius 2 is 2.23 bits per heavy atom. The number of hydrogen-bond acceptors (Lipinski definition) is 2.